The van der Waals surface area contributed by atoms with Gasteiger partial charge in [-0.2, -0.15) is 0 Å². The summed E-state index contributed by atoms with van der Waals surface area (Å²) in [6.45, 7) is 8.64. The molecule has 0 saturated carbocycles. The molecule has 126 valence electrons. The maximum absolute atomic E-state index is 12.1. The SMILES string of the molecule is CCC(C)NC(=O)N1CCN(c2ccc(NC(C)=O)cc2)CC1. The molecule has 0 bridgehead atoms. The summed E-state index contributed by atoms with van der Waals surface area (Å²) in [6.07, 6.45) is 0.937. The number of rotatable bonds is 4. The standard InChI is InChI=1S/C17H26N4O2/c1-4-13(2)18-17(23)21-11-9-20(10-12-21)16-7-5-15(6-8-16)19-14(3)22/h5-8,13H,4,9-12H2,1-3H3,(H,18,23)(H,19,22). The Morgan fingerprint density at radius 3 is 2.26 bits per heavy atom. The molecule has 0 radical (unpaired) electrons. The van der Waals surface area contributed by atoms with Gasteiger partial charge in [0, 0.05) is 50.5 Å². The van der Waals surface area contributed by atoms with Gasteiger partial charge >= 0.3 is 6.03 Å². The third-order valence-corrected chi connectivity index (χ3v) is 4.10. The maximum atomic E-state index is 12.1. The first-order valence-corrected chi connectivity index (χ1v) is 8.17. The zero-order valence-electron chi connectivity index (χ0n) is 14.1. The molecule has 0 aromatic heterocycles. The number of benzene rings is 1. The average Bonchev–Trinajstić information content (AvgIpc) is 2.55. The van der Waals surface area contributed by atoms with E-state index in [9.17, 15) is 9.59 Å². The van der Waals surface area contributed by atoms with Crippen LogP contribution in [-0.2, 0) is 4.79 Å². The van der Waals surface area contributed by atoms with Crippen molar-refractivity contribution >= 4 is 23.3 Å². The van der Waals surface area contributed by atoms with Crippen molar-refractivity contribution in [3.8, 4) is 0 Å². The van der Waals surface area contributed by atoms with E-state index in [0.29, 0.717) is 0 Å². The predicted molar refractivity (Wildman–Crippen MR) is 92.8 cm³/mol. The number of hydrogen-bond acceptors (Lipinski definition) is 3. The lowest BCUT2D eigenvalue weighted by atomic mass is 10.2. The topological polar surface area (TPSA) is 64.7 Å². The smallest absolute Gasteiger partial charge is 0.317 e. The molecule has 1 aromatic carbocycles. The van der Waals surface area contributed by atoms with E-state index in [1.54, 1.807) is 0 Å². The zero-order chi connectivity index (χ0) is 16.8. The third-order valence-electron chi connectivity index (χ3n) is 4.10. The van der Waals surface area contributed by atoms with Crippen LogP contribution in [0.5, 0.6) is 0 Å². The van der Waals surface area contributed by atoms with Gasteiger partial charge in [-0.1, -0.05) is 6.92 Å². The van der Waals surface area contributed by atoms with E-state index in [0.717, 1.165) is 44.0 Å². The summed E-state index contributed by atoms with van der Waals surface area (Å²) in [4.78, 5) is 27.3. The van der Waals surface area contributed by atoms with Crippen LogP contribution in [0.2, 0.25) is 0 Å². The molecular weight excluding hydrogens is 292 g/mol. The van der Waals surface area contributed by atoms with Crippen molar-refractivity contribution in [1.29, 1.82) is 0 Å². The van der Waals surface area contributed by atoms with Gasteiger partial charge in [-0.25, -0.2) is 4.79 Å². The molecule has 0 spiro atoms. The van der Waals surface area contributed by atoms with E-state index in [4.69, 9.17) is 0 Å². The van der Waals surface area contributed by atoms with Crippen LogP contribution in [-0.4, -0.2) is 49.1 Å². The van der Waals surface area contributed by atoms with E-state index in [1.165, 1.54) is 6.92 Å². The summed E-state index contributed by atoms with van der Waals surface area (Å²) < 4.78 is 0. The van der Waals surface area contributed by atoms with Gasteiger partial charge < -0.3 is 20.4 Å². The fourth-order valence-electron chi connectivity index (χ4n) is 2.53. The first-order chi connectivity index (χ1) is 11.0. The number of anilines is 2. The molecule has 1 fully saturated rings. The number of carbonyl (C=O) groups is 2. The van der Waals surface area contributed by atoms with Crippen molar-refractivity contribution in [2.24, 2.45) is 0 Å². The zero-order valence-corrected chi connectivity index (χ0v) is 14.1. The molecule has 1 atom stereocenters. The van der Waals surface area contributed by atoms with Gasteiger partial charge in [-0.3, -0.25) is 4.79 Å². The van der Waals surface area contributed by atoms with Crippen molar-refractivity contribution in [2.75, 3.05) is 36.4 Å². The molecule has 3 amide bonds. The van der Waals surface area contributed by atoms with Gasteiger partial charge in [0.25, 0.3) is 0 Å². The van der Waals surface area contributed by atoms with Gasteiger partial charge in [0.15, 0.2) is 0 Å². The highest BCUT2D eigenvalue weighted by atomic mass is 16.2. The Balaban J connectivity index is 1.86. The Hall–Kier alpha value is -2.24. The van der Waals surface area contributed by atoms with Crippen LogP contribution in [0.4, 0.5) is 16.2 Å². The van der Waals surface area contributed by atoms with Crippen LogP contribution in [0.25, 0.3) is 0 Å². The minimum atomic E-state index is -0.0707. The van der Waals surface area contributed by atoms with Crippen molar-refractivity contribution in [3.05, 3.63) is 24.3 Å². The normalized spacial score (nSPS) is 16.0. The van der Waals surface area contributed by atoms with Gasteiger partial charge in [0.2, 0.25) is 5.91 Å². The summed E-state index contributed by atoms with van der Waals surface area (Å²) in [6, 6.07) is 8.04. The molecule has 1 saturated heterocycles. The highest BCUT2D eigenvalue weighted by molar-refractivity contribution is 5.88. The monoisotopic (exact) mass is 318 g/mol. The Kier molecular flexibility index (Phi) is 5.84. The highest BCUT2D eigenvalue weighted by Crippen LogP contribution is 2.19. The van der Waals surface area contributed by atoms with E-state index in [1.807, 2.05) is 36.1 Å². The second-order valence-corrected chi connectivity index (χ2v) is 5.96. The second kappa shape index (κ2) is 7.85. The summed E-state index contributed by atoms with van der Waals surface area (Å²) in [7, 11) is 0. The maximum Gasteiger partial charge on any atom is 0.317 e. The number of nitrogens with zero attached hydrogens (tertiary/aromatic N) is 2. The van der Waals surface area contributed by atoms with Crippen LogP contribution in [0.1, 0.15) is 27.2 Å². The molecule has 1 aliphatic rings. The number of nitrogens with one attached hydrogen (secondary N) is 2. The summed E-state index contributed by atoms with van der Waals surface area (Å²) in [5.41, 5.74) is 1.91. The van der Waals surface area contributed by atoms with Crippen molar-refractivity contribution in [2.45, 2.75) is 33.2 Å². The Morgan fingerprint density at radius 2 is 1.74 bits per heavy atom. The van der Waals surface area contributed by atoms with Crippen molar-refractivity contribution in [3.63, 3.8) is 0 Å². The van der Waals surface area contributed by atoms with E-state index < -0.39 is 0 Å². The summed E-state index contributed by atoms with van der Waals surface area (Å²) in [5, 5.41) is 5.77. The van der Waals surface area contributed by atoms with E-state index in [-0.39, 0.29) is 18.0 Å². The molecule has 1 unspecified atom stereocenters. The van der Waals surface area contributed by atoms with Crippen LogP contribution in [0.15, 0.2) is 24.3 Å². The van der Waals surface area contributed by atoms with Gasteiger partial charge in [-0.05, 0) is 37.6 Å². The van der Waals surface area contributed by atoms with Crippen LogP contribution in [0.3, 0.4) is 0 Å². The number of urea groups is 1. The molecule has 6 nitrogen and oxygen atoms in total. The van der Waals surface area contributed by atoms with Crippen molar-refractivity contribution < 1.29 is 9.59 Å². The number of piperazine rings is 1. The number of hydrogen-bond donors (Lipinski definition) is 2. The molecule has 1 heterocycles. The molecule has 2 N–H and O–H groups in total. The largest absolute Gasteiger partial charge is 0.368 e. The Morgan fingerprint density at radius 1 is 1.13 bits per heavy atom. The quantitative estimate of drug-likeness (QED) is 0.895. The number of amides is 3. The number of carbonyl (C=O) groups excluding carboxylic acids is 2. The highest BCUT2D eigenvalue weighted by Gasteiger charge is 2.21. The molecule has 6 heteroatoms. The predicted octanol–water partition coefficient (Wildman–Crippen LogP) is 2.28. The first-order valence-electron chi connectivity index (χ1n) is 8.17. The molecule has 23 heavy (non-hydrogen) atoms. The second-order valence-electron chi connectivity index (χ2n) is 5.96. The minimum absolute atomic E-state index is 0.0278. The molecule has 2 rings (SSSR count). The van der Waals surface area contributed by atoms with Gasteiger partial charge in [0.05, 0.1) is 0 Å². The lowest BCUT2D eigenvalue weighted by Crippen LogP contribution is -2.53. The average molecular weight is 318 g/mol. The fraction of sp³-hybridized carbons (Fsp3) is 0.529. The Labute approximate surface area is 137 Å². The van der Waals surface area contributed by atoms with Crippen LogP contribution >= 0.6 is 0 Å². The third kappa shape index (κ3) is 4.87. The van der Waals surface area contributed by atoms with E-state index in [2.05, 4.69) is 22.5 Å². The van der Waals surface area contributed by atoms with Gasteiger partial charge in [-0.15, -0.1) is 0 Å². The van der Waals surface area contributed by atoms with Crippen molar-refractivity contribution in [1.82, 2.24) is 10.2 Å². The fourth-order valence-corrected chi connectivity index (χ4v) is 2.53. The lowest BCUT2D eigenvalue weighted by molar-refractivity contribution is -0.114. The van der Waals surface area contributed by atoms with E-state index >= 15 is 0 Å². The molecular formula is C17H26N4O2. The lowest BCUT2D eigenvalue weighted by Gasteiger charge is -2.36. The molecule has 0 aliphatic carbocycles. The van der Waals surface area contributed by atoms with Crippen LogP contribution < -0.4 is 15.5 Å². The minimum Gasteiger partial charge on any atom is -0.368 e. The first kappa shape index (κ1) is 17.1. The van der Waals surface area contributed by atoms with Gasteiger partial charge in [0.1, 0.15) is 0 Å². The summed E-state index contributed by atoms with van der Waals surface area (Å²) >= 11 is 0. The summed E-state index contributed by atoms with van der Waals surface area (Å²) in [5.74, 6) is -0.0707. The Bertz CT molecular complexity index is 536. The molecule has 1 aromatic rings. The van der Waals surface area contributed by atoms with Crippen LogP contribution in [0, 0.1) is 0 Å². The molecule has 1 aliphatic heterocycles.